The summed E-state index contributed by atoms with van der Waals surface area (Å²) in [7, 11) is 1.39. The maximum Gasteiger partial charge on any atom is 0.294 e. The Balaban J connectivity index is 2.26. The number of ether oxygens (including phenoxy) is 1. The topological polar surface area (TPSA) is 89.8 Å². The molecule has 0 aromatic heterocycles. The first-order chi connectivity index (χ1) is 11.0. The van der Waals surface area contributed by atoms with Crippen LogP contribution in [-0.4, -0.2) is 23.8 Å². The SMILES string of the molecule is COc1ccc([N+](=O)[O-])c(N2C(=O)c3ccccc3C2=O)c1Br. The number of hydrogen-bond acceptors (Lipinski definition) is 5. The molecule has 2 aromatic carbocycles. The van der Waals surface area contributed by atoms with Crippen LogP contribution in [0.3, 0.4) is 0 Å². The normalized spacial score (nSPS) is 13.2. The van der Waals surface area contributed by atoms with Gasteiger partial charge < -0.3 is 4.74 Å². The molecule has 2 aromatic rings. The van der Waals surface area contributed by atoms with Crippen molar-refractivity contribution < 1.29 is 19.2 Å². The molecule has 0 unspecified atom stereocenters. The van der Waals surface area contributed by atoms with E-state index in [0.29, 0.717) is 0 Å². The fraction of sp³-hybridized carbons (Fsp3) is 0.0667. The number of carbonyl (C=O) groups excluding carboxylic acids is 2. The first-order valence-electron chi connectivity index (χ1n) is 6.46. The quantitative estimate of drug-likeness (QED) is 0.466. The molecule has 0 fully saturated rings. The maximum atomic E-state index is 12.6. The minimum atomic E-state index is -0.650. The number of amides is 2. The van der Waals surface area contributed by atoms with Gasteiger partial charge >= 0.3 is 0 Å². The minimum absolute atomic E-state index is 0.138. The third kappa shape index (κ3) is 2.18. The van der Waals surface area contributed by atoms with Gasteiger partial charge in [0.15, 0.2) is 0 Å². The molecule has 0 spiro atoms. The predicted octanol–water partition coefficient (Wildman–Crippen LogP) is 3.17. The summed E-state index contributed by atoms with van der Waals surface area (Å²) >= 11 is 3.19. The van der Waals surface area contributed by atoms with Gasteiger partial charge in [0.25, 0.3) is 17.5 Å². The van der Waals surface area contributed by atoms with Crippen LogP contribution in [-0.2, 0) is 0 Å². The van der Waals surface area contributed by atoms with Crippen molar-refractivity contribution in [2.24, 2.45) is 0 Å². The van der Waals surface area contributed by atoms with Crippen LogP contribution < -0.4 is 9.64 Å². The van der Waals surface area contributed by atoms with Crippen LogP contribution in [0.4, 0.5) is 11.4 Å². The van der Waals surface area contributed by atoms with E-state index in [2.05, 4.69) is 15.9 Å². The standard InChI is InChI=1S/C15H9BrN2O5/c1-23-11-7-6-10(18(21)22)13(12(11)16)17-14(19)8-4-2-3-5-9(8)15(17)20/h2-7H,1H3. The highest BCUT2D eigenvalue weighted by atomic mass is 79.9. The lowest BCUT2D eigenvalue weighted by atomic mass is 10.1. The molecule has 0 saturated heterocycles. The highest BCUT2D eigenvalue weighted by Crippen LogP contribution is 2.44. The zero-order valence-electron chi connectivity index (χ0n) is 11.8. The van der Waals surface area contributed by atoms with Crippen LogP contribution in [0.15, 0.2) is 40.9 Å². The van der Waals surface area contributed by atoms with Crippen molar-refractivity contribution in [3.05, 3.63) is 62.1 Å². The third-order valence-corrected chi connectivity index (χ3v) is 4.26. The molecule has 8 heteroatoms. The Bertz CT molecular complexity index is 830. The number of fused-ring (bicyclic) bond motifs is 1. The van der Waals surface area contributed by atoms with Crippen molar-refractivity contribution >= 4 is 39.1 Å². The summed E-state index contributed by atoms with van der Waals surface area (Å²) in [5, 5.41) is 11.3. The van der Waals surface area contributed by atoms with Gasteiger partial charge in [0.1, 0.15) is 11.4 Å². The molecule has 0 saturated carbocycles. The second-order valence-corrected chi connectivity index (χ2v) is 5.49. The first-order valence-corrected chi connectivity index (χ1v) is 7.25. The number of carbonyl (C=O) groups is 2. The lowest BCUT2D eigenvalue weighted by molar-refractivity contribution is -0.384. The average molecular weight is 377 g/mol. The summed E-state index contributed by atoms with van der Waals surface area (Å²) in [6.07, 6.45) is 0. The number of nitrogens with zero attached hydrogens (tertiary/aromatic N) is 2. The summed E-state index contributed by atoms with van der Waals surface area (Å²) in [6, 6.07) is 8.86. The molecule has 3 rings (SSSR count). The summed E-state index contributed by atoms with van der Waals surface area (Å²) < 4.78 is 5.28. The predicted molar refractivity (Wildman–Crippen MR) is 84.9 cm³/mol. The van der Waals surface area contributed by atoms with Crippen LogP contribution in [0.25, 0.3) is 0 Å². The van der Waals surface area contributed by atoms with Gasteiger partial charge in [-0.1, -0.05) is 12.1 Å². The summed E-state index contributed by atoms with van der Waals surface area (Å²) in [5.41, 5.74) is -0.0873. The molecule has 0 aliphatic carbocycles. The summed E-state index contributed by atoms with van der Waals surface area (Å²) in [4.78, 5) is 36.6. The van der Waals surface area contributed by atoms with Crippen LogP contribution >= 0.6 is 15.9 Å². The molecule has 23 heavy (non-hydrogen) atoms. The molecule has 0 bridgehead atoms. The molecule has 2 amide bonds. The fourth-order valence-corrected chi connectivity index (χ4v) is 3.12. The Morgan fingerprint density at radius 1 is 1.09 bits per heavy atom. The molecular weight excluding hydrogens is 368 g/mol. The molecule has 1 aliphatic rings. The number of hydrogen-bond donors (Lipinski definition) is 0. The molecule has 7 nitrogen and oxygen atoms in total. The molecule has 0 radical (unpaired) electrons. The number of halogens is 1. The van der Waals surface area contributed by atoms with Crippen LogP contribution in [0, 0.1) is 10.1 Å². The minimum Gasteiger partial charge on any atom is -0.495 e. The Morgan fingerprint density at radius 2 is 1.65 bits per heavy atom. The second kappa shape index (κ2) is 5.47. The number of nitro groups is 1. The van der Waals surface area contributed by atoms with Gasteiger partial charge in [0.2, 0.25) is 0 Å². The van der Waals surface area contributed by atoms with Gasteiger partial charge in [0, 0.05) is 6.07 Å². The van der Waals surface area contributed by atoms with E-state index in [1.165, 1.54) is 31.4 Å². The van der Waals surface area contributed by atoms with Gasteiger partial charge in [-0.3, -0.25) is 19.7 Å². The van der Waals surface area contributed by atoms with Gasteiger partial charge in [-0.25, -0.2) is 4.90 Å². The average Bonchev–Trinajstić information content (AvgIpc) is 2.79. The lowest BCUT2D eigenvalue weighted by Gasteiger charge is -2.17. The second-order valence-electron chi connectivity index (χ2n) is 4.70. The number of nitro benzene ring substituents is 1. The molecule has 0 N–H and O–H groups in total. The van der Waals surface area contributed by atoms with Crippen molar-refractivity contribution in [3.63, 3.8) is 0 Å². The number of benzene rings is 2. The van der Waals surface area contributed by atoms with Crippen LogP contribution in [0.5, 0.6) is 5.75 Å². The monoisotopic (exact) mass is 376 g/mol. The number of imide groups is 1. The fourth-order valence-electron chi connectivity index (χ4n) is 2.45. The zero-order valence-corrected chi connectivity index (χ0v) is 13.4. The van der Waals surface area contributed by atoms with Crippen molar-refractivity contribution in [1.82, 2.24) is 0 Å². The van der Waals surface area contributed by atoms with E-state index in [9.17, 15) is 19.7 Å². The molecule has 0 atom stereocenters. The Labute approximate surface area is 138 Å². The smallest absolute Gasteiger partial charge is 0.294 e. The van der Waals surface area contributed by atoms with Crippen LogP contribution in [0.1, 0.15) is 20.7 Å². The van der Waals surface area contributed by atoms with E-state index in [4.69, 9.17) is 4.74 Å². The van der Waals surface area contributed by atoms with Gasteiger partial charge in [-0.05, 0) is 34.1 Å². The summed E-state index contributed by atoms with van der Waals surface area (Å²) in [6.45, 7) is 0. The van der Waals surface area contributed by atoms with E-state index in [1.807, 2.05) is 0 Å². The molecular formula is C15H9BrN2O5. The third-order valence-electron chi connectivity index (χ3n) is 3.49. The van der Waals surface area contributed by atoms with Gasteiger partial charge in [0.05, 0.1) is 27.6 Å². The van der Waals surface area contributed by atoms with E-state index in [1.54, 1.807) is 12.1 Å². The highest BCUT2D eigenvalue weighted by molar-refractivity contribution is 9.10. The van der Waals surface area contributed by atoms with Gasteiger partial charge in [-0.15, -0.1) is 0 Å². The van der Waals surface area contributed by atoms with Crippen LogP contribution in [0.2, 0.25) is 0 Å². The Hall–Kier alpha value is -2.74. The lowest BCUT2D eigenvalue weighted by Crippen LogP contribution is -2.30. The van der Waals surface area contributed by atoms with Crippen molar-refractivity contribution in [3.8, 4) is 5.75 Å². The zero-order chi connectivity index (χ0) is 16.7. The van der Waals surface area contributed by atoms with Crippen molar-refractivity contribution in [2.45, 2.75) is 0 Å². The number of anilines is 1. The Kier molecular flexibility index (Phi) is 3.61. The first kappa shape index (κ1) is 15.2. The maximum absolute atomic E-state index is 12.6. The van der Waals surface area contributed by atoms with E-state index >= 15 is 0 Å². The summed E-state index contributed by atoms with van der Waals surface area (Å²) in [5.74, 6) is -0.938. The number of methoxy groups -OCH3 is 1. The molecule has 1 aliphatic heterocycles. The Morgan fingerprint density at radius 3 is 2.13 bits per heavy atom. The van der Waals surface area contributed by atoms with Gasteiger partial charge in [-0.2, -0.15) is 0 Å². The van der Waals surface area contributed by atoms with Crippen molar-refractivity contribution in [2.75, 3.05) is 12.0 Å². The number of rotatable bonds is 3. The van der Waals surface area contributed by atoms with E-state index in [0.717, 1.165) is 4.90 Å². The largest absolute Gasteiger partial charge is 0.495 e. The van der Waals surface area contributed by atoms with Crippen molar-refractivity contribution in [1.29, 1.82) is 0 Å². The van der Waals surface area contributed by atoms with E-state index in [-0.39, 0.29) is 32.7 Å². The molecule has 1 heterocycles. The highest BCUT2D eigenvalue weighted by Gasteiger charge is 2.41. The molecule has 116 valence electrons. The van der Waals surface area contributed by atoms with E-state index < -0.39 is 16.7 Å².